The van der Waals surface area contributed by atoms with Crippen molar-refractivity contribution in [3.8, 4) is 5.75 Å². The molecule has 0 spiro atoms. The number of rotatable bonds is 2. The summed E-state index contributed by atoms with van der Waals surface area (Å²) in [6.45, 7) is 8.59. The van der Waals surface area contributed by atoms with Crippen LogP contribution in [0.5, 0.6) is 5.75 Å². The number of halogens is 1. The predicted molar refractivity (Wildman–Crippen MR) is 104 cm³/mol. The third-order valence-corrected chi connectivity index (χ3v) is 5.04. The lowest BCUT2D eigenvalue weighted by molar-refractivity contribution is 0.0239. The Labute approximate surface area is 164 Å². The molecule has 1 aliphatic rings. The van der Waals surface area contributed by atoms with Crippen LogP contribution in [0.15, 0.2) is 27.6 Å². The first-order valence-corrected chi connectivity index (χ1v) is 10.5. The van der Waals surface area contributed by atoms with Gasteiger partial charge in [0, 0.05) is 17.1 Å². The van der Waals surface area contributed by atoms with E-state index in [0.29, 0.717) is 10.5 Å². The number of carbonyl (C=O) groups is 1. The second-order valence-corrected chi connectivity index (χ2v) is 9.45. The van der Waals surface area contributed by atoms with Gasteiger partial charge in [-0.3, -0.25) is 0 Å². The summed E-state index contributed by atoms with van der Waals surface area (Å²) >= 11 is 3.14. The minimum atomic E-state index is -3.72. The zero-order valence-electron chi connectivity index (χ0n) is 15.8. The first kappa shape index (κ1) is 22.7. The van der Waals surface area contributed by atoms with Crippen molar-refractivity contribution in [1.82, 2.24) is 4.90 Å². The Morgan fingerprint density at radius 2 is 1.96 bits per heavy atom. The van der Waals surface area contributed by atoms with Crippen molar-refractivity contribution in [1.29, 1.82) is 0 Å². The van der Waals surface area contributed by atoms with Crippen LogP contribution >= 0.6 is 15.9 Å². The fourth-order valence-electron chi connectivity index (χ4n) is 2.40. The number of benzene rings is 1. The Balaban J connectivity index is 0.000000260. The fourth-order valence-corrected chi connectivity index (χ4v) is 3.63. The van der Waals surface area contributed by atoms with E-state index >= 15 is 0 Å². The number of likely N-dealkylation sites (tertiary alicyclic amines) is 1. The molecule has 148 valence electrons. The second kappa shape index (κ2) is 9.05. The van der Waals surface area contributed by atoms with Crippen molar-refractivity contribution < 1.29 is 22.7 Å². The van der Waals surface area contributed by atoms with E-state index in [1.165, 1.54) is 19.2 Å². The van der Waals surface area contributed by atoms with Crippen LogP contribution in [0.4, 0.5) is 4.79 Å². The molecule has 1 atom stereocenters. The Kier molecular flexibility index (Phi) is 7.91. The number of carbonyl (C=O) groups excluding carboxylic acids is 1. The van der Waals surface area contributed by atoms with E-state index < -0.39 is 10.0 Å². The molecule has 1 heterocycles. The van der Waals surface area contributed by atoms with Crippen molar-refractivity contribution in [2.45, 2.75) is 57.1 Å². The van der Waals surface area contributed by atoms with E-state index in [4.69, 9.17) is 14.6 Å². The number of methoxy groups -OCH3 is 1. The van der Waals surface area contributed by atoms with Gasteiger partial charge < -0.3 is 14.4 Å². The zero-order valence-corrected chi connectivity index (χ0v) is 18.2. The maximum Gasteiger partial charge on any atom is 0.410 e. The topological polar surface area (TPSA) is 98.9 Å². The number of ether oxygens (including phenoxy) is 2. The first-order valence-electron chi connectivity index (χ1n) is 8.21. The molecule has 9 heteroatoms. The molecule has 0 unspecified atom stereocenters. The van der Waals surface area contributed by atoms with Crippen molar-refractivity contribution >= 4 is 32.0 Å². The normalized spacial score (nSPS) is 17.3. The Bertz CT molecular complexity index is 731. The van der Waals surface area contributed by atoms with Crippen molar-refractivity contribution in [3.05, 3.63) is 22.7 Å². The highest BCUT2D eigenvalue weighted by atomic mass is 79.9. The van der Waals surface area contributed by atoms with E-state index in [0.717, 1.165) is 19.4 Å². The Morgan fingerprint density at radius 1 is 1.35 bits per heavy atom. The largest absolute Gasteiger partial charge is 0.495 e. The Hall–Kier alpha value is -1.32. The predicted octanol–water partition coefficient (Wildman–Crippen LogP) is 3.51. The van der Waals surface area contributed by atoms with Gasteiger partial charge in [-0.15, -0.1) is 0 Å². The quantitative estimate of drug-likeness (QED) is 0.742. The molecule has 0 bridgehead atoms. The summed E-state index contributed by atoms with van der Waals surface area (Å²) in [4.78, 5) is 13.4. The van der Waals surface area contributed by atoms with Crippen LogP contribution < -0.4 is 9.88 Å². The molecular formula is C17H27BrN2O5S. The Morgan fingerprint density at radius 3 is 2.38 bits per heavy atom. The average molecular weight is 451 g/mol. The minimum absolute atomic E-state index is 0.0237. The number of hydrogen-bond donors (Lipinski definition) is 1. The van der Waals surface area contributed by atoms with E-state index in [1.807, 2.05) is 25.7 Å². The molecule has 0 saturated carbocycles. The molecule has 0 aromatic heterocycles. The molecule has 2 rings (SSSR count). The van der Waals surface area contributed by atoms with Gasteiger partial charge in [-0.05, 0) is 58.7 Å². The van der Waals surface area contributed by atoms with Crippen LogP contribution in [0.2, 0.25) is 0 Å². The van der Waals surface area contributed by atoms with Crippen LogP contribution in [-0.2, 0) is 14.8 Å². The second-order valence-electron chi connectivity index (χ2n) is 7.01. The lowest BCUT2D eigenvalue weighted by Crippen LogP contribution is -2.38. The molecule has 2 N–H and O–H groups in total. The summed E-state index contributed by atoms with van der Waals surface area (Å²) in [5.74, 6) is 0.241. The fraction of sp³-hybridized carbons (Fsp3) is 0.588. The van der Waals surface area contributed by atoms with Gasteiger partial charge in [0.2, 0.25) is 10.0 Å². The van der Waals surface area contributed by atoms with Gasteiger partial charge in [0.15, 0.2) is 0 Å². The summed E-state index contributed by atoms with van der Waals surface area (Å²) in [7, 11) is -2.34. The van der Waals surface area contributed by atoms with Crippen LogP contribution in [0.25, 0.3) is 0 Å². The number of sulfonamides is 1. The highest BCUT2D eigenvalue weighted by Gasteiger charge is 2.29. The lowest BCUT2D eigenvalue weighted by atomic mass is 10.2. The van der Waals surface area contributed by atoms with Gasteiger partial charge in [0.25, 0.3) is 0 Å². The number of amides is 1. The molecule has 26 heavy (non-hydrogen) atoms. The maximum atomic E-state index is 11.6. The molecule has 1 aromatic rings. The summed E-state index contributed by atoms with van der Waals surface area (Å²) in [5.41, 5.74) is -0.376. The smallest absolute Gasteiger partial charge is 0.410 e. The standard InChI is InChI=1S/C10H19NO2.C7H8BrNO3S/c1-8-6-5-7-11(8)9(12)13-10(2,3)4;1-12-6-3-2-5(8)4-7(6)13(9,10)11/h8H,5-7H2,1-4H3;2-4H,1H3,(H2,9,10,11)/t8-;/m0./s1. The molecule has 1 amide bonds. The number of primary sulfonamides is 1. The SMILES string of the molecule is COc1ccc(Br)cc1S(N)(=O)=O.C[C@H]1CCCN1C(=O)OC(C)(C)C. The summed E-state index contributed by atoms with van der Waals surface area (Å²) in [6, 6.07) is 4.95. The molecule has 0 radical (unpaired) electrons. The van der Waals surface area contributed by atoms with Crippen LogP contribution in [0.1, 0.15) is 40.5 Å². The third kappa shape index (κ3) is 7.13. The summed E-state index contributed by atoms with van der Waals surface area (Å²) < 4.78 is 32.8. The van der Waals surface area contributed by atoms with Crippen LogP contribution in [0.3, 0.4) is 0 Å². The molecule has 1 saturated heterocycles. The van der Waals surface area contributed by atoms with E-state index in [-0.39, 0.29) is 22.3 Å². The first-order chi connectivity index (χ1) is 11.8. The molecule has 1 aromatic carbocycles. The van der Waals surface area contributed by atoms with Crippen molar-refractivity contribution in [2.24, 2.45) is 5.14 Å². The molecule has 7 nitrogen and oxygen atoms in total. The molecule has 0 aliphatic carbocycles. The minimum Gasteiger partial charge on any atom is -0.495 e. The monoisotopic (exact) mass is 450 g/mol. The molecular weight excluding hydrogens is 424 g/mol. The maximum absolute atomic E-state index is 11.6. The van der Waals surface area contributed by atoms with Crippen molar-refractivity contribution in [2.75, 3.05) is 13.7 Å². The van der Waals surface area contributed by atoms with Gasteiger partial charge in [0.1, 0.15) is 16.2 Å². The van der Waals surface area contributed by atoms with Gasteiger partial charge >= 0.3 is 6.09 Å². The average Bonchev–Trinajstić information content (AvgIpc) is 2.91. The van der Waals surface area contributed by atoms with Crippen molar-refractivity contribution in [3.63, 3.8) is 0 Å². The highest BCUT2D eigenvalue weighted by molar-refractivity contribution is 9.10. The lowest BCUT2D eigenvalue weighted by Gasteiger charge is -2.26. The van der Waals surface area contributed by atoms with E-state index in [1.54, 1.807) is 6.07 Å². The number of hydrogen-bond acceptors (Lipinski definition) is 5. The highest BCUT2D eigenvalue weighted by Crippen LogP contribution is 2.25. The van der Waals surface area contributed by atoms with E-state index in [9.17, 15) is 13.2 Å². The molecule has 1 fully saturated rings. The van der Waals surface area contributed by atoms with Crippen LogP contribution in [-0.4, -0.2) is 44.7 Å². The van der Waals surface area contributed by atoms with Gasteiger partial charge in [-0.2, -0.15) is 0 Å². The summed E-state index contributed by atoms with van der Waals surface area (Å²) in [6.07, 6.45) is 2.03. The third-order valence-electron chi connectivity index (χ3n) is 3.61. The summed E-state index contributed by atoms with van der Waals surface area (Å²) in [5, 5.41) is 4.97. The number of nitrogens with zero attached hydrogens (tertiary/aromatic N) is 1. The van der Waals surface area contributed by atoms with Crippen LogP contribution in [0, 0.1) is 0 Å². The zero-order chi connectivity index (χ0) is 20.1. The van der Waals surface area contributed by atoms with E-state index in [2.05, 4.69) is 22.9 Å². The molecule has 1 aliphatic heterocycles. The number of nitrogens with two attached hydrogens (primary N) is 1. The van der Waals surface area contributed by atoms with Gasteiger partial charge in [-0.1, -0.05) is 15.9 Å². The van der Waals surface area contributed by atoms with Gasteiger partial charge in [0.05, 0.1) is 7.11 Å². The van der Waals surface area contributed by atoms with Gasteiger partial charge in [-0.25, -0.2) is 18.4 Å².